The van der Waals surface area contributed by atoms with Crippen molar-refractivity contribution in [3.63, 3.8) is 0 Å². The first-order valence-corrected chi connectivity index (χ1v) is 15.1. The van der Waals surface area contributed by atoms with Gasteiger partial charge in [0.15, 0.2) is 5.75 Å². The molecule has 4 fully saturated rings. The zero-order valence-corrected chi connectivity index (χ0v) is 25.2. The summed E-state index contributed by atoms with van der Waals surface area (Å²) in [6.07, 6.45) is 8.03. The summed E-state index contributed by atoms with van der Waals surface area (Å²) in [5.74, 6) is 4.33. The number of nitrogens with zero attached hydrogens (tertiary/aromatic N) is 3. The van der Waals surface area contributed by atoms with Crippen molar-refractivity contribution in [3.05, 3.63) is 69.5 Å². The van der Waals surface area contributed by atoms with Crippen molar-refractivity contribution in [2.24, 2.45) is 17.8 Å². The second-order valence-electron chi connectivity index (χ2n) is 13.8. The van der Waals surface area contributed by atoms with Crippen LogP contribution in [-0.4, -0.2) is 24.6 Å². The SMILES string of the molecule is Cc1cc(C)c(Oc2cc(C)cc3c(N(C)C)c4cc(C)cc([N-]C56CC7CC(CC(C7)C5)C6)c4nc23)c(C)c1. The lowest BCUT2D eigenvalue weighted by molar-refractivity contribution is 0.0164. The van der Waals surface area contributed by atoms with E-state index in [1.165, 1.54) is 66.3 Å². The van der Waals surface area contributed by atoms with Gasteiger partial charge in [-0.15, -0.1) is 11.2 Å². The van der Waals surface area contributed by atoms with Crippen LogP contribution < -0.4 is 9.64 Å². The van der Waals surface area contributed by atoms with Crippen molar-refractivity contribution in [1.29, 1.82) is 0 Å². The van der Waals surface area contributed by atoms with E-state index in [9.17, 15) is 0 Å². The summed E-state index contributed by atoms with van der Waals surface area (Å²) in [6, 6.07) is 13.4. The van der Waals surface area contributed by atoms with Gasteiger partial charge in [-0.1, -0.05) is 48.6 Å². The van der Waals surface area contributed by atoms with E-state index in [2.05, 4.69) is 90.0 Å². The van der Waals surface area contributed by atoms with Gasteiger partial charge in [0.2, 0.25) is 0 Å². The molecule has 4 aliphatic carbocycles. The summed E-state index contributed by atoms with van der Waals surface area (Å²) < 4.78 is 6.76. The fraction of sp³-hybridized carbons (Fsp3) is 0.472. The van der Waals surface area contributed by atoms with Crippen LogP contribution in [0.5, 0.6) is 11.5 Å². The van der Waals surface area contributed by atoms with E-state index in [0.717, 1.165) is 62.5 Å². The molecule has 0 N–H and O–H groups in total. The fourth-order valence-corrected chi connectivity index (χ4v) is 8.90. The molecule has 0 radical (unpaired) electrons. The highest BCUT2D eigenvalue weighted by Gasteiger charge is 2.46. The standard InChI is InChI=1S/C36H42N3O/c1-20-8-23(4)35(24(5)9-20)40-31-13-22(3)11-29-33(31)37-32-28(34(29)39(6)7)10-21(2)12-30(32)38-36-17-25-14-26(18-36)16-27(15-25)19-36/h8-13,25-27H,14-19H2,1-7H3/q-1. The zero-order valence-electron chi connectivity index (χ0n) is 25.2. The predicted molar refractivity (Wildman–Crippen MR) is 168 cm³/mol. The molecular formula is C36H42N3O-. The highest BCUT2D eigenvalue weighted by molar-refractivity contribution is 6.13. The molecule has 4 nitrogen and oxygen atoms in total. The van der Waals surface area contributed by atoms with Crippen molar-refractivity contribution < 1.29 is 4.74 Å². The maximum Gasteiger partial charge on any atom is 0.154 e. The number of hydrogen-bond donors (Lipinski definition) is 0. The van der Waals surface area contributed by atoms with E-state index in [1.807, 2.05) is 0 Å². The van der Waals surface area contributed by atoms with Crippen LogP contribution in [0.2, 0.25) is 0 Å². The van der Waals surface area contributed by atoms with E-state index < -0.39 is 0 Å². The van der Waals surface area contributed by atoms with Gasteiger partial charge in [-0.3, -0.25) is 0 Å². The maximum absolute atomic E-state index is 6.76. The van der Waals surface area contributed by atoms with Crippen LogP contribution in [0.4, 0.5) is 11.4 Å². The summed E-state index contributed by atoms with van der Waals surface area (Å²) in [7, 11) is 4.28. The van der Waals surface area contributed by atoms with Gasteiger partial charge in [-0.2, -0.15) is 0 Å². The molecule has 1 aromatic heterocycles. The number of fused-ring (bicyclic) bond motifs is 2. The van der Waals surface area contributed by atoms with Crippen molar-refractivity contribution in [2.75, 3.05) is 19.0 Å². The first kappa shape index (κ1) is 25.7. The molecule has 0 atom stereocenters. The molecule has 4 aliphatic rings. The van der Waals surface area contributed by atoms with Crippen molar-refractivity contribution in [3.8, 4) is 11.5 Å². The Kier molecular flexibility index (Phi) is 5.86. The van der Waals surface area contributed by atoms with E-state index >= 15 is 0 Å². The molecule has 4 bridgehead atoms. The molecule has 1 heterocycles. The fourth-order valence-electron chi connectivity index (χ4n) is 8.90. The quantitative estimate of drug-likeness (QED) is 0.240. The zero-order chi connectivity index (χ0) is 27.9. The first-order chi connectivity index (χ1) is 19.1. The highest BCUT2D eigenvalue weighted by Crippen LogP contribution is 2.60. The summed E-state index contributed by atoms with van der Waals surface area (Å²) in [6.45, 7) is 10.8. The van der Waals surface area contributed by atoms with Crippen LogP contribution in [0.3, 0.4) is 0 Å². The average Bonchev–Trinajstić information content (AvgIpc) is 2.83. The molecule has 0 unspecified atom stereocenters. The number of ether oxygens (including phenoxy) is 1. The number of benzene rings is 3. The highest BCUT2D eigenvalue weighted by atomic mass is 16.5. The van der Waals surface area contributed by atoms with Gasteiger partial charge in [0, 0.05) is 24.9 Å². The predicted octanol–water partition coefficient (Wildman–Crippen LogP) is 9.76. The van der Waals surface area contributed by atoms with Gasteiger partial charge in [0.25, 0.3) is 0 Å². The Hall–Kier alpha value is -3.27. The summed E-state index contributed by atoms with van der Waals surface area (Å²) >= 11 is 0. The largest absolute Gasteiger partial charge is 0.677 e. The second kappa shape index (κ2) is 9.12. The Morgan fingerprint density at radius 2 is 1.25 bits per heavy atom. The minimum atomic E-state index is 0.0904. The Morgan fingerprint density at radius 3 is 1.82 bits per heavy atom. The van der Waals surface area contributed by atoms with Gasteiger partial charge < -0.3 is 15.0 Å². The molecule has 3 aromatic carbocycles. The first-order valence-electron chi connectivity index (χ1n) is 15.1. The second-order valence-corrected chi connectivity index (χ2v) is 13.8. The number of anilines is 1. The van der Waals surface area contributed by atoms with E-state index in [1.54, 1.807) is 0 Å². The molecule has 0 saturated heterocycles. The van der Waals surface area contributed by atoms with Crippen LogP contribution in [0, 0.1) is 52.4 Å². The average molecular weight is 533 g/mol. The van der Waals surface area contributed by atoms with Gasteiger partial charge in [0.1, 0.15) is 11.3 Å². The molecule has 208 valence electrons. The van der Waals surface area contributed by atoms with Gasteiger partial charge in [0.05, 0.1) is 11.2 Å². The summed E-state index contributed by atoms with van der Waals surface area (Å²) in [4.78, 5) is 7.67. The normalized spacial score (nSPS) is 25.1. The molecular weight excluding hydrogens is 490 g/mol. The Morgan fingerprint density at radius 1 is 0.725 bits per heavy atom. The Labute approximate surface area is 239 Å². The molecule has 8 rings (SSSR count). The van der Waals surface area contributed by atoms with Crippen LogP contribution in [0.25, 0.3) is 27.1 Å². The van der Waals surface area contributed by atoms with E-state index in [-0.39, 0.29) is 5.54 Å². The lowest BCUT2D eigenvalue weighted by Crippen LogP contribution is -2.49. The maximum atomic E-state index is 6.76. The minimum absolute atomic E-state index is 0.0904. The lowest BCUT2D eigenvalue weighted by atomic mass is 9.53. The monoisotopic (exact) mass is 532 g/mol. The topological polar surface area (TPSA) is 39.5 Å². The van der Waals surface area contributed by atoms with Crippen LogP contribution in [0.1, 0.15) is 66.3 Å². The van der Waals surface area contributed by atoms with Gasteiger partial charge >= 0.3 is 0 Å². The molecule has 4 saturated carbocycles. The third-order valence-electron chi connectivity index (χ3n) is 9.81. The van der Waals surface area contributed by atoms with Crippen molar-refractivity contribution in [2.45, 2.75) is 78.7 Å². The number of pyridine rings is 1. The van der Waals surface area contributed by atoms with E-state index in [0.29, 0.717) is 0 Å². The minimum Gasteiger partial charge on any atom is -0.677 e. The lowest BCUT2D eigenvalue weighted by Gasteiger charge is -2.64. The number of rotatable bonds is 5. The number of hydrogen-bond acceptors (Lipinski definition) is 3. The third kappa shape index (κ3) is 4.22. The summed E-state index contributed by atoms with van der Waals surface area (Å²) in [5, 5.41) is 8.00. The molecule has 0 amide bonds. The summed E-state index contributed by atoms with van der Waals surface area (Å²) in [5.41, 5.74) is 10.2. The number of aromatic nitrogens is 1. The van der Waals surface area contributed by atoms with Crippen molar-refractivity contribution in [1.82, 2.24) is 4.98 Å². The van der Waals surface area contributed by atoms with Gasteiger partial charge in [-0.25, -0.2) is 4.98 Å². The number of aryl methyl sites for hydroxylation is 5. The van der Waals surface area contributed by atoms with Gasteiger partial charge in [-0.05, 0) is 107 Å². The molecule has 4 aromatic rings. The van der Waals surface area contributed by atoms with E-state index in [4.69, 9.17) is 15.0 Å². The van der Waals surface area contributed by atoms with Crippen LogP contribution in [0.15, 0.2) is 36.4 Å². The van der Waals surface area contributed by atoms with Crippen LogP contribution in [-0.2, 0) is 0 Å². The third-order valence-corrected chi connectivity index (χ3v) is 9.81. The molecule has 0 spiro atoms. The Balaban J connectivity index is 1.43. The van der Waals surface area contributed by atoms with Crippen LogP contribution >= 0.6 is 0 Å². The van der Waals surface area contributed by atoms with Crippen molar-refractivity contribution >= 4 is 33.2 Å². The molecule has 40 heavy (non-hydrogen) atoms. The molecule has 0 aliphatic heterocycles. The molecule has 4 heteroatoms. The Bertz CT molecular complexity index is 1610. The smallest absolute Gasteiger partial charge is 0.154 e.